The number of benzene rings is 1. The molecule has 2 aromatic rings. The fourth-order valence-corrected chi connectivity index (χ4v) is 2.55. The Morgan fingerprint density at radius 1 is 1.32 bits per heavy atom. The second-order valence-electron chi connectivity index (χ2n) is 7.01. The van der Waals surface area contributed by atoms with Crippen molar-refractivity contribution in [2.75, 3.05) is 13.7 Å². The number of ether oxygens (including phenoxy) is 1. The fourth-order valence-electron chi connectivity index (χ4n) is 2.55. The van der Waals surface area contributed by atoms with Crippen molar-refractivity contribution >= 4 is 16.9 Å². The Labute approximate surface area is 147 Å². The number of amides is 2. The summed E-state index contributed by atoms with van der Waals surface area (Å²) in [5, 5.41) is 6.24. The van der Waals surface area contributed by atoms with E-state index in [0.29, 0.717) is 29.9 Å². The first-order valence-electron chi connectivity index (χ1n) is 8.30. The number of aromatic nitrogens is 2. The number of hydrogen-bond donors (Lipinski definition) is 2. The van der Waals surface area contributed by atoms with Crippen LogP contribution in [0.3, 0.4) is 0 Å². The number of carbonyl (C=O) groups is 1. The Morgan fingerprint density at radius 2 is 2.00 bits per heavy atom. The Kier molecular flexibility index (Phi) is 5.79. The highest BCUT2D eigenvalue weighted by Gasteiger charge is 2.20. The standard InChI is InChI=1S/C18H26N4O3/c1-12(19-17(24)21-18(2,3)4)15-20-14-9-7-6-8-13(14)16(23)22(15)10-11-25-5/h6-9,12H,10-11H2,1-5H3,(H2,19,21,24)/t12-/m0/s1. The van der Waals surface area contributed by atoms with E-state index in [0.717, 1.165) is 0 Å². The zero-order valence-electron chi connectivity index (χ0n) is 15.4. The van der Waals surface area contributed by atoms with E-state index >= 15 is 0 Å². The van der Waals surface area contributed by atoms with Crippen molar-refractivity contribution in [1.29, 1.82) is 0 Å². The molecule has 0 aliphatic rings. The molecule has 0 spiro atoms. The summed E-state index contributed by atoms with van der Waals surface area (Å²) in [6.45, 7) is 8.27. The maximum atomic E-state index is 12.8. The summed E-state index contributed by atoms with van der Waals surface area (Å²) in [6.07, 6.45) is 0. The molecule has 0 unspecified atom stereocenters. The van der Waals surface area contributed by atoms with Crippen LogP contribution >= 0.6 is 0 Å². The number of rotatable bonds is 5. The first-order chi connectivity index (χ1) is 11.7. The van der Waals surface area contributed by atoms with Crippen LogP contribution in [0.2, 0.25) is 0 Å². The third-order valence-electron chi connectivity index (χ3n) is 3.63. The molecule has 2 rings (SSSR count). The molecule has 0 saturated heterocycles. The first kappa shape index (κ1) is 18.9. The minimum atomic E-state index is -0.434. The molecule has 0 saturated carbocycles. The Hall–Kier alpha value is -2.41. The topological polar surface area (TPSA) is 85.2 Å². The third kappa shape index (κ3) is 4.79. The monoisotopic (exact) mass is 346 g/mol. The molecule has 0 aliphatic heterocycles. The van der Waals surface area contributed by atoms with Gasteiger partial charge in [-0.05, 0) is 39.8 Å². The summed E-state index contributed by atoms with van der Waals surface area (Å²) in [6, 6.07) is 6.45. The van der Waals surface area contributed by atoms with E-state index < -0.39 is 6.04 Å². The van der Waals surface area contributed by atoms with Gasteiger partial charge >= 0.3 is 6.03 Å². The van der Waals surface area contributed by atoms with Gasteiger partial charge in [-0.15, -0.1) is 0 Å². The molecule has 1 atom stereocenters. The summed E-state index contributed by atoms with van der Waals surface area (Å²) < 4.78 is 6.67. The highest BCUT2D eigenvalue weighted by atomic mass is 16.5. The lowest BCUT2D eigenvalue weighted by Crippen LogP contribution is -2.47. The van der Waals surface area contributed by atoms with Gasteiger partial charge in [-0.25, -0.2) is 9.78 Å². The van der Waals surface area contributed by atoms with E-state index in [1.165, 1.54) is 0 Å². The van der Waals surface area contributed by atoms with Gasteiger partial charge in [0, 0.05) is 12.6 Å². The third-order valence-corrected chi connectivity index (χ3v) is 3.63. The Balaban J connectivity index is 2.40. The molecule has 1 heterocycles. The predicted octanol–water partition coefficient (Wildman–Crippen LogP) is 2.20. The van der Waals surface area contributed by atoms with E-state index in [1.807, 2.05) is 39.8 Å². The van der Waals surface area contributed by atoms with Gasteiger partial charge in [0.25, 0.3) is 5.56 Å². The minimum Gasteiger partial charge on any atom is -0.383 e. The van der Waals surface area contributed by atoms with E-state index in [-0.39, 0.29) is 17.1 Å². The maximum absolute atomic E-state index is 12.8. The van der Waals surface area contributed by atoms with Gasteiger partial charge in [-0.1, -0.05) is 12.1 Å². The number of para-hydroxylation sites is 1. The molecule has 1 aromatic heterocycles. The number of nitrogens with one attached hydrogen (secondary N) is 2. The average Bonchev–Trinajstić information content (AvgIpc) is 2.52. The SMILES string of the molecule is COCCn1c([C@H](C)NC(=O)NC(C)(C)C)nc2ccccc2c1=O. The van der Waals surface area contributed by atoms with Crippen molar-refractivity contribution < 1.29 is 9.53 Å². The minimum absolute atomic E-state index is 0.137. The molecular formula is C18H26N4O3. The zero-order valence-corrected chi connectivity index (χ0v) is 15.4. The van der Waals surface area contributed by atoms with Crippen LogP contribution in [0.15, 0.2) is 29.1 Å². The number of fused-ring (bicyclic) bond motifs is 1. The number of hydrogen-bond acceptors (Lipinski definition) is 4. The fraction of sp³-hybridized carbons (Fsp3) is 0.500. The second kappa shape index (κ2) is 7.65. The second-order valence-corrected chi connectivity index (χ2v) is 7.01. The van der Waals surface area contributed by atoms with Crippen molar-refractivity contribution in [2.24, 2.45) is 0 Å². The lowest BCUT2D eigenvalue weighted by atomic mass is 10.1. The van der Waals surface area contributed by atoms with Crippen LogP contribution in [-0.2, 0) is 11.3 Å². The molecule has 136 valence electrons. The summed E-state index contributed by atoms with van der Waals surface area (Å²) in [7, 11) is 1.58. The Bertz CT molecular complexity index is 808. The van der Waals surface area contributed by atoms with Crippen molar-refractivity contribution in [2.45, 2.75) is 45.8 Å². The van der Waals surface area contributed by atoms with Gasteiger partial charge in [-0.2, -0.15) is 0 Å². The number of methoxy groups -OCH3 is 1. The number of urea groups is 1. The summed E-state index contributed by atoms with van der Waals surface area (Å²) in [5.41, 5.74) is 0.125. The predicted molar refractivity (Wildman–Crippen MR) is 97.7 cm³/mol. The summed E-state index contributed by atoms with van der Waals surface area (Å²) in [5.74, 6) is 0.504. The van der Waals surface area contributed by atoms with Crippen molar-refractivity contribution in [3.8, 4) is 0 Å². The van der Waals surface area contributed by atoms with E-state index in [9.17, 15) is 9.59 Å². The molecule has 1 aromatic carbocycles. The maximum Gasteiger partial charge on any atom is 0.315 e. The van der Waals surface area contributed by atoms with Crippen LogP contribution in [0.4, 0.5) is 4.79 Å². The molecule has 2 N–H and O–H groups in total. The number of carbonyl (C=O) groups excluding carboxylic acids is 1. The van der Waals surface area contributed by atoms with Crippen molar-refractivity contribution in [3.05, 3.63) is 40.4 Å². The molecule has 7 nitrogen and oxygen atoms in total. The quantitative estimate of drug-likeness (QED) is 0.869. The average molecular weight is 346 g/mol. The van der Waals surface area contributed by atoms with E-state index in [2.05, 4.69) is 15.6 Å². The van der Waals surface area contributed by atoms with Crippen molar-refractivity contribution in [1.82, 2.24) is 20.2 Å². The molecule has 2 amide bonds. The molecule has 0 aliphatic carbocycles. The van der Waals surface area contributed by atoms with Gasteiger partial charge in [0.2, 0.25) is 0 Å². The lowest BCUT2D eigenvalue weighted by molar-refractivity contribution is 0.184. The molecule has 0 bridgehead atoms. The van der Waals surface area contributed by atoms with Crippen LogP contribution in [0, 0.1) is 0 Å². The van der Waals surface area contributed by atoms with Gasteiger partial charge in [0.15, 0.2) is 0 Å². The Morgan fingerprint density at radius 3 is 2.64 bits per heavy atom. The zero-order chi connectivity index (χ0) is 18.6. The molecule has 0 fully saturated rings. The van der Waals surface area contributed by atoms with Gasteiger partial charge in [-0.3, -0.25) is 9.36 Å². The van der Waals surface area contributed by atoms with Crippen LogP contribution in [0.5, 0.6) is 0 Å². The van der Waals surface area contributed by atoms with Gasteiger partial charge in [0.05, 0.1) is 30.1 Å². The van der Waals surface area contributed by atoms with E-state index in [1.54, 1.807) is 23.8 Å². The number of nitrogens with zero attached hydrogens (tertiary/aromatic N) is 2. The normalized spacial score (nSPS) is 12.8. The highest BCUT2D eigenvalue weighted by Crippen LogP contribution is 2.14. The van der Waals surface area contributed by atoms with Gasteiger partial charge < -0.3 is 15.4 Å². The molecule has 25 heavy (non-hydrogen) atoms. The first-order valence-corrected chi connectivity index (χ1v) is 8.30. The molecule has 0 radical (unpaired) electrons. The highest BCUT2D eigenvalue weighted by molar-refractivity contribution is 5.78. The van der Waals surface area contributed by atoms with Crippen LogP contribution in [0.1, 0.15) is 39.6 Å². The van der Waals surface area contributed by atoms with Gasteiger partial charge in [0.1, 0.15) is 5.82 Å². The summed E-state index contributed by atoms with van der Waals surface area (Å²) >= 11 is 0. The van der Waals surface area contributed by atoms with Crippen LogP contribution in [0.25, 0.3) is 10.9 Å². The largest absolute Gasteiger partial charge is 0.383 e. The molecule has 7 heteroatoms. The van der Waals surface area contributed by atoms with Crippen LogP contribution < -0.4 is 16.2 Å². The van der Waals surface area contributed by atoms with Crippen molar-refractivity contribution in [3.63, 3.8) is 0 Å². The molecular weight excluding hydrogens is 320 g/mol. The summed E-state index contributed by atoms with van der Waals surface area (Å²) in [4.78, 5) is 29.6. The smallest absolute Gasteiger partial charge is 0.315 e. The van der Waals surface area contributed by atoms with Crippen LogP contribution in [-0.4, -0.2) is 34.8 Å². The lowest BCUT2D eigenvalue weighted by Gasteiger charge is -2.24. The van der Waals surface area contributed by atoms with E-state index in [4.69, 9.17) is 4.74 Å².